The van der Waals surface area contributed by atoms with Gasteiger partial charge in [0.2, 0.25) is 0 Å². The van der Waals surface area contributed by atoms with Crippen molar-refractivity contribution >= 4 is 21.9 Å². The summed E-state index contributed by atoms with van der Waals surface area (Å²) in [7, 11) is 4.14. The minimum atomic E-state index is 0.800. The molecule has 1 aliphatic carbocycles. The number of ether oxygens (including phenoxy) is 1. The van der Waals surface area contributed by atoms with Gasteiger partial charge in [0, 0.05) is 56.8 Å². The van der Waals surface area contributed by atoms with Gasteiger partial charge < -0.3 is 19.5 Å². The van der Waals surface area contributed by atoms with E-state index in [1.54, 1.807) is 0 Å². The number of hydrogen-bond acceptors (Lipinski definition) is 2. The van der Waals surface area contributed by atoms with Crippen LogP contribution in [0.2, 0.25) is 0 Å². The second kappa shape index (κ2) is 9.33. The lowest BCUT2D eigenvalue weighted by atomic mass is 10.4. The second-order valence-electron chi connectivity index (χ2n) is 6.22. The SMILES string of the molecule is CCNC(=NCCCOCC1CC1)N(C)Cc1cc(Br)cn1C. The molecule has 0 spiro atoms. The van der Waals surface area contributed by atoms with Crippen LogP contribution in [-0.4, -0.2) is 48.8 Å². The molecule has 6 heteroatoms. The Morgan fingerprint density at radius 2 is 2.30 bits per heavy atom. The molecule has 1 aromatic heterocycles. The number of halogens is 1. The minimum absolute atomic E-state index is 0.800. The fraction of sp³-hybridized carbons (Fsp3) is 0.706. The Bertz CT molecular complexity index is 511. The first-order chi connectivity index (χ1) is 11.1. The Kier molecular flexibility index (Phi) is 7.43. The molecule has 0 unspecified atom stereocenters. The number of aryl methyl sites for hydroxylation is 1. The molecule has 0 aromatic carbocycles. The van der Waals surface area contributed by atoms with Crippen LogP contribution in [0.1, 0.15) is 31.9 Å². The molecule has 0 saturated heterocycles. The zero-order chi connectivity index (χ0) is 16.7. The van der Waals surface area contributed by atoms with Crippen molar-refractivity contribution in [1.82, 2.24) is 14.8 Å². The molecular formula is C17H29BrN4O. The zero-order valence-electron chi connectivity index (χ0n) is 14.5. The van der Waals surface area contributed by atoms with Gasteiger partial charge in [0.25, 0.3) is 0 Å². The van der Waals surface area contributed by atoms with Crippen LogP contribution in [-0.2, 0) is 18.3 Å². The van der Waals surface area contributed by atoms with Crippen LogP contribution in [0.25, 0.3) is 0 Å². The number of rotatable bonds is 9. The molecule has 1 saturated carbocycles. The van der Waals surface area contributed by atoms with E-state index in [1.165, 1.54) is 18.5 Å². The predicted octanol–water partition coefficient (Wildman–Crippen LogP) is 3.00. The van der Waals surface area contributed by atoms with Crippen LogP contribution >= 0.6 is 15.9 Å². The fourth-order valence-corrected chi connectivity index (χ4v) is 2.97. The number of aliphatic imine (C=N–C) groups is 1. The molecule has 0 aliphatic heterocycles. The van der Waals surface area contributed by atoms with E-state index in [0.717, 1.165) is 55.6 Å². The largest absolute Gasteiger partial charge is 0.381 e. The fourth-order valence-electron chi connectivity index (χ4n) is 2.40. The zero-order valence-corrected chi connectivity index (χ0v) is 16.1. The van der Waals surface area contributed by atoms with E-state index in [-0.39, 0.29) is 0 Å². The highest BCUT2D eigenvalue weighted by Gasteiger charge is 2.20. The molecule has 1 fully saturated rings. The molecule has 1 N–H and O–H groups in total. The maximum absolute atomic E-state index is 5.66. The lowest BCUT2D eigenvalue weighted by molar-refractivity contribution is 0.123. The summed E-state index contributed by atoms with van der Waals surface area (Å²) in [6, 6.07) is 2.14. The van der Waals surface area contributed by atoms with Gasteiger partial charge in [-0.1, -0.05) is 0 Å². The Balaban J connectivity index is 1.77. The summed E-state index contributed by atoms with van der Waals surface area (Å²) < 4.78 is 8.91. The smallest absolute Gasteiger partial charge is 0.194 e. The summed E-state index contributed by atoms with van der Waals surface area (Å²) in [5.74, 6) is 1.79. The third-order valence-electron chi connectivity index (χ3n) is 3.93. The first kappa shape index (κ1) is 18.3. The molecule has 1 heterocycles. The van der Waals surface area contributed by atoms with Crippen LogP contribution in [0.4, 0.5) is 0 Å². The van der Waals surface area contributed by atoms with E-state index in [4.69, 9.17) is 9.73 Å². The van der Waals surface area contributed by atoms with Gasteiger partial charge in [-0.2, -0.15) is 0 Å². The van der Waals surface area contributed by atoms with E-state index < -0.39 is 0 Å². The van der Waals surface area contributed by atoms with Crippen LogP contribution < -0.4 is 5.32 Å². The van der Waals surface area contributed by atoms with Gasteiger partial charge in [0.15, 0.2) is 5.96 Å². The molecule has 0 amide bonds. The molecule has 1 aliphatic rings. The summed E-state index contributed by atoms with van der Waals surface area (Å²) in [6.45, 7) is 6.35. The van der Waals surface area contributed by atoms with Crippen LogP contribution in [0.5, 0.6) is 0 Å². The maximum atomic E-state index is 5.66. The van der Waals surface area contributed by atoms with E-state index >= 15 is 0 Å². The third-order valence-corrected chi connectivity index (χ3v) is 4.36. The van der Waals surface area contributed by atoms with E-state index in [1.807, 2.05) is 0 Å². The number of aromatic nitrogens is 1. The predicted molar refractivity (Wildman–Crippen MR) is 98.7 cm³/mol. The topological polar surface area (TPSA) is 41.8 Å². The van der Waals surface area contributed by atoms with Crippen molar-refractivity contribution in [3.63, 3.8) is 0 Å². The normalized spacial score (nSPS) is 15.0. The molecule has 0 bridgehead atoms. The average molecular weight is 385 g/mol. The lowest BCUT2D eigenvalue weighted by Crippen LogP contribution is -2.39. The first-order valence-corrected chi connectivity index (χ1v) is 9.27. The number of guanidine groups is 1. The average Bonchev–Trinajstić information content (AvgIpc) is 3.27. The van der Waals surface area contributed by atoms with Crippen molar-refractivity contribution in [2.75, 3.05) is 33.4 Å². The van der Waals surface area contributed by atoms with Crippen molar-refractivity contribution in [1.29, 1.82) is 0 Å². The Morgan fingerprint density at radius 3 is 2.91 bits per heavy atom. The van der Waals surface area contributed by atoms with Crippen molar-refractivity contribution in [2.24, 2.45) is 18.0 Å². The molecule has 5 nitrogen and oxygen atoms in total. The summed E-state index contributed by atoms with van der Waals surface area (Å²) in [5, 5.41) is 3.36. The third kappa shape index (κ3) is 6.55. The molecular weight excluding hydrogens is 356 g/mol. The highest BCUT2D eigenvalue weighted by atomic mass is 79.9. The van der Waals surface area contributed by atoms with E-state index in [9.17, 15) is 0 Å². The Morgan fingerprint density at radius 1 is 1.52 bits per heavy atom. The quantitative estimate of drug-likeness (QED) is 0.404. The van der Waals surface area contributed by atoms with Gasteiger partial charge >= 0.3 is 0 Å². The summed E-state index contributed by atoms with van der Waals surface area (Å²) in [4.78, 5) is 6.87. The molecule has 0 radical (unpaired) electrons. The van der Waals surface area contributed by atoms with Gasteiger partial charge in [0.05, 0.1) is 6.54 Å². The summed E-state index contributed by atoms with van der Waals surface area (Å²) in [5.41, 5.74) is 1.25. The van der Waals surface area contributed by atoms with Gasteiger partial charge in [-0.15, -0.1) is 0 Å². The highest BCUT2D eigenvalue weighted by Crippen LogP contribution is 2.28. The molecule has 23 heavy (non-hydrogen) atoms. The minimum Gasteiger partial charge on any atom is -0.381 e. The maximum Gasteiger partial charge on any atom is 0.194 e. The van der Waals surface area contributed by atoms with E-state index in [2.05, 4.69) is 64.0 Å². The van der Waals surface area contributed by atoms with Gasteiger partial charge in [-0.05, 0) is 54.1 Å². The van der Waals surface area contributed by atoms with Crippen molar-refractivity contribution < 1.29 is 4.74 Å². The number of nitrogens with zero attached hydrogens (tertiary/aromatic N) is 3. The first-order valence-electron chi connectivity index (χ1n) is 8.48. The highest BCUT2D eigenvalue weighted by molar-refractivity contribution is 9.10. The lowest BCUT2D eigenvalue weighted by Gasteiger charge is -2.22. The van der Waals surface area contributed by atoms with Crippen LogP contribution in [0.15, 0.2) is 21.7 Å². The molecule has 2 rings (SSSR count). The number of hydrogen-bond donors (Lipinski definition) is 1. The second-order valence-corrected chi connectivity index (χ2v) is 7.14. The summed E-state index contributed by atoms with van der Waals surface area (Å²) >= 11 is 3.52. The van der Waals surface area contributed by atoms with Crippen molar-refractivity contribution in [2.45, 2.75) is 32.7 Å². The van der Waals surface area contributed by atoms with E-state index in [0.29, 0.717) is 0 Å². The Hall–Kier alpha value is -1.01. The molecule has 1 aromatic rings. The Labute approximate surface area is 148 Å². The van der Waals surface area contributed by atoms with Gasteiger partial charge in [-0.3, -0.25) is 4.99 Å². The molecule has 130 valence electrons. The van der Waals surface area contributed by atoms with Crippen molar-refractivity contribution in [3.05, 3.63) is 22.4 Å². The van der Waals surface area contributed by atoms with Crippen LogP contribution in [0.3, 0.4) is 0 Å². The van der Waals surface area contributed by atoms with Gasteiger partial charge in [-0.25, -0.2) is 0 Å². The number of nitrogens with one attached hydrogen (secondary N) is 1. The van der Waals surface area contributed by atoms with Crippen molar-refractivity contribution in [3.8, 4) is 0 Å². The molecule has 0 atom stereocenters. The standard InChI is InChI=1S/C17H29BrN4O/c1-4-19-17(20-8-5-9-23-13-14-6-7-14)22(3)12-16-10-15(18)11-21(16)2/h10-11,14H,4-9,12-13H2,1-3H3,(H,19,20). The van der Waals surface area contributed by atoms with Crippen LogP contribution in [0, 0.1) is 5.92 Å². The summed E-state index contributed by atoms with van der Waals surface area (Å²) in [6.07, 6.45) is 5.75. The van der Waals surface area contributed by atoms with Gasteiger partial charge in [0.1, 0.15) is 0 Å². The monoisotopic (exact) mass is 384 g/mol.